The molecule has 1 aliphatic rings. The van der Waals surface area contributed by atoms with Gasteiger partial charge in [-0.15, -0.1) is 12.4 Å². The van der Waals surface area contributed by atoms with Gasteiger partial charge in [-0.05, 0) is 13.8 Å². The maximum atomic E-state index is 11.2. The first kappa shape index (κ1) is 16.6. The van der Waals surface area contributed by atoms with Crippen molar-refractivity contribution in [3.63, 3.8) is 0 Å². The molecule has 0 atom stereocenters. The molecule has 0 spiro atoms. The molecular weight excluding hydrogens is 260 g/mol. The minimum Gasteiger partial charge on any atom is -0.465 e. The molecular formula is C11H19ClN2O4. The summed E-state index contributed by atoms with van der Waals surface area (Å²) in [5, 5.41) is 0. The first-order valence-electron chi connectivity index (χ1n) is 5.63. The number of carbonyl (C=O) groups is 2. The van der Waals surface area contributed by atoms with E-state index in [4.69, 9.17) is 9.47 Å². The van der Waals surface area contributed by atoms with Gasteiger partial charge >= 0.3 is 11.9 Å². The number of ether oxygens (including phenoxy) is 2. The monoisotopic (exact) mass is 278 g/mol. The normalized spacial score (nSPS) is 13.2. The second-order valence-corrected chi connectivity index (χ2v) is 3.54. The Kier molecular flexibility index (Phi) is 7.94. The summed E-state index contributed by atoms with van der Waals surface area (Å²) in [6.45, 7) is 5.19. The van der Waals surface area contributed by atoms with Gasteiger partial charge in [0.2, 0.25) is 0 Å². The molecule has 1 aliphatic heterocycles. The van der Waals surface area contributed by atoms with E-state index in [0.717, 1.165) is 0 Å². The maximum absolute atomic E-state index is 11.2. The van der Waals surface area contributed by atoms with E-state index in [2.05, 4.69) is 0 Å². The van der Waals surface area contributed by atoms with Crippen LogP contribution in [0.3, 0.4) is 0 Å². The summed E-state index contributed by atoms with van der Waals surface area (Å²) in [5.74, 6) is -0.537. The zero-order chi connectivity index (χ0) is 12.7. The van der Waals surface area contributed by atoms with Crippen molar-refractivity contribution >= 4 is 24.3 Å². The van der Waals surface area contributed by atoms with E-state index >= 15 is 0 Å². The lowest BCUT2D eigenvalue weighted by Crippen LogP contribution is -2.33. The van der Waals surface area contributed by atoms with Crippen molar-refractivity contribution in [2.45, 2.75) is 13.8 Å². The Labute approximate surface area is 113 Å². The number of esters is 2. The quantitative estimate of drug-likeness (QED) is 0.663. The van der Waals surface area contributed by atoms with Gasteiger partial charge in [-0.1, -0.05) is 0 Å². The van der Waals surface area contributed by atoms with E-state index < -0.39 is 0 Å². The summed E-state index contributed by atoms with van der Waals surface area (Å²) >= 11 is 0. The first-order valence-corrected chi connectivity index (χ1v) is 5.63. The second kappa shape index (κ2) is 8.63. The Morgan fingerprint density at radius 1 is 1.00 bits per heavy atom. The molecule has 0 aromatic rings. The Bertz CT molecular complexity index is 281. The van der Waals surface area contributed by atoms with E-state index in [-0.39, 0.29) is 37.4 Å². The standard InChI is InChI=1S/C11H18N2O4.ClH/c1-3-16-10(14)7-12-5-6-13(9-12)8-11(15)17-4-2;/h5-6H,3-4,7-9H2,1-2H3;1H. The highest BCUT2D eigenvalue weighted by molar-refractivity contribution is 5.85. The number of hydrogen-bond acceptors (Lipinski definition) is 6. The molecule has 0 aromatic carbocycles. The van der Waals surface area contributed by atoms with Crippen LogP contribution in [0.5, 0.6) is 0 Å². The van der Waals surface area contributed by atoms with Crippen LogP contribution in [0, 0.1) is 0 Å². The van der Waals surface area contributed by atoms with Gasteiger partial charge in [0.15, 0.2) is 0 Å². The van der Waals surface area contributed by atoms with Crippen LogP contribution in [0.15, 0.2) is 12.4 Å². The van der Waals surface area contributed by atoms with Gasteiger partial charge in [-0.25, -0.2) is 0 Å². The van der Waals surface area contributed by atoms with Crippen LogP contribution in [0.2, 0.25) is 0 Å². The summed E-state index contributed by atoms with van der Waals surface area (Å²) in [7, 11) is 0. The highest BCUT2D eigenvalue weighted by Gasteiger charge is 2.18. The molecule has 0 saturated carbocycles. The van der Waals surface area contributed by atoms with Gasteiger partial charge in [0, 0.05) is 12.4 Å². The highest BCUT2D eigenvalue weighted by atomic mass is 35.5. The molecule has 6 nitrogen and oxygen atoms in total. The van der Waals surface area contributed by atoms with Crippen LogP contribution in [0.25, 0.3) is 0 Å². The summed E-state index contributed by atoms with van der Waals surface area (Å²) in [6, 6.07) is 0. The smallest absolute Gasteiger partial charge is 0.325 e. The predicted octanol–water partition coefficient (Wildman–Crippen LogP) is 0.581. The van der Waals surface area contributed by atoms with Crippen LogP contribution in [0.4, 0.5) is 0 Å². The van der Waals surface area contributed by atoms with E-state index in [1.54, 1.807) is 36.0 Å². The largest absolute Gasteiger partial charge is 0.465 e. The highest BCUT2D eigenvalue weighted by Crippen LogP contribution is 2.06. The zero-order valence-electron chi connectivity index (χ0n) is 10.6. The summed E-state index contributed by atoms with van der Waals surface area (Å²) in [6.07, 6.45) is 3.52. The molecule has 7 heteroatoms. The number of nitrogens with zero attached hydrogens (tertiary/aromatic N) is 2. The van der Waals surface area contributed by atoms with Crippen LogP contribution in [0.1, 0.15) is 13.8 Å². The van der Waals surface area contributed by atoms with Gasteiger partial charge in [0.1, 0.15) is 13.1 Å². The molecule has 18 heavy (non-hydrogen) atoms. The van der Waals surface area contributed by atoms with Crippen molar-refractivity contribution in [2.75, 3.05) is 33.0 Å². The lowest BCUT2D eigenvalue weighted by Gasteiger charge is -2.19. The van der Waals surface area contributed by atoms with Gasteiger partial charge in [0.05, 0.1) is 19.9 Å². The third kappa shape index (κ3) is 5.77. The van der Waals surface area contributed by atoms with Crippen molar-refractivity contribution in [2.24, 2.45) is 0 Å². The van der Waals surface area contributed by atoms with Crippen molar-refractivity contribution < 1.29 is 19.1 Å². The number of rotatable bonds is 6. The average molecular weight is 279 g/mol. The Morgan fingerprint density at radius 2 is 1.39 bits per heavy atom. The van der Waals surface area contributed by atoms with Crippen LogP contribution < -0.4 is 0 Å². The van der Waals surface area contributed by atoms with Crippen molar-refractivity contribution in [1.29, 1.82) is 0 Å². The van der Waals surface area contributed by atoms with E-state index in [1.165, 1.54) is 0 Å². The van der Waals surface area contributed by atoms with Gasteiger partial charge in [-0.3, -0.25) is 9.59 Å². The molecule has 0 bridgehead atoms. The van der Waals surface area contributed by atoms with Gasteiger partial charge in [-0.2, -0.15) is 0 Å². The predicted molar refractivity (Wildman–Crippen MR) is 67.9 cm³/mol. The molecule has 0 aromatic heterocycles. The third-order valence-corrected chi connectivity index (χ3v) is 2.13. The van der Waals surface area contributed by atoms with Crippen molar-refractivity contribution in [1.82, 2.24) is 9.80 Å². The topological polar surface area (TPSA) is 59.1 Å². The SMILES string of the molecule is CCOC(=O)CN1C=CN(CC(=O)OCC)C1.Cl. The fraction of sp³-hybridized carbons (Fsp3) is 0.636. The molecule has 0 radical (unpaired) electrons. The van der Waals surface area contributed by atoms with Crippen LogP contribution in [-0.2, 0) is 19.1 Å². The lowest BCUT2D eigenvalue weighted by molar-refractivity contribution is -0.144. The van der Waals surface area contributed by atoms with Crippen LogP contribution >= 0.6 is 12.4 Å². The molecule has 0 saturated heterocycles. The van der Waals surface area contributed by atoms with Gasteiger partial charge in [0.25, 0.3) is 0 Å². The summed E-state index contributed by atoms with van der Waals surface area (Å²) in [4.78, 5) is 26.0. The Morgan fingerprint density at radius 3 is 1.72 bits per heavy atom. The van der Waals surface area contributed by atoms with Crippen molar-refractivity contribution in [3.05, 3.63) is 12.4 Å². The van der Waals surface area contributed by atoms with E-state index in [0.29, 0.717) is 19.9 Å². The second-order valence-electron chi connectivity index (χ2n) is 3.54. The molecule has 1 heterocycles. The number of halogens is 1. The minimum atomic E-state index is -0.268. The third-order valence-electron chi connectivity index (χ3n) is 2.13. The zero-order valence-corrected chi connectivity index (χ0v) is 11.4. The molecule has 0 N–H and O–H groups in total. The molecule has 0 aliphatic carbocycles. The molecule has 1 rings (SSSR count). The average Bonchev–Trinajstić information content (AvgIpc) is 2.66. The summed E-state index contributed by atoms with van der Waals surface area (Å²) < 4.78 is 9.67. The van der Waals surface area contributed by atoms with E-state index in [9.17, 15) is 9.59 Å². The van der Waals surface area contributed by atoms with Crippen molar-refractivity contribution in [3.8, 4) is 0 Å². The molecule has 0 amide bonds. The lowest BCUT2D eigenvalue weighted by atomic mass is 10.5. The molecule has 0 fully saturated rings. The fourth-order valence-corrected chi connectivity index (χ4v) is 1.47. The first-order chi connectivity index (χ1) is 8.15. The van der Waals surface area contributed by atoms with Crippen LogP contribution in [-0.4, -0.2) is 54.7 Å². The fourth-order valence-electron chi connectivity index (χ4n) is 1.47. The summed E-state index contributed by atoms with van der Waals surface area (Å²) in [5.41, 5.74) is 0. The Hall–Kier alpha value is -1.43. The number of hydrogen-bond donors (Lipinski definition) is 0. The molecule has 104 valence electrons. The number of carbonyl (C=O) groups excluding carboxylic acids is 2. The maximum Gasteiger partial charge on any atom is 0.325 e. The molecule has 0 unspecified atom stereocenters. The van der Waals surface area contributed by atoms with Gasteiger partial charge < -0.3 is 19.3 Å². The Balaban J connectivity index is 0.00000289. The minimum absolute atomic E-state index is 0. The van der Waals surface area contributed by atoms with E-state index in [1.807, 2.05) is 0 Å².